The van der Waals surface area contributed by atoms with Crippen LogP contribution >= 0.6 is 0 Å². The van der Waals surface area contributed by atoms with Gasteiger partial charge < -0.3 is 18.6 Å². The molecule has 166 valence electrons. The Labute approximate surface area is 183 Å². The topological polar surface area (TPSA) is 82.1 Å². The summed E-state index contributed by atoms with van der Waals surface area (Å²) in [5.74, 6) is 1.30. The molecule has 0 radical (unpaired) electrons. The van der Waals surface area contributed by atoms with E-state index in [-0.39, 0.29) is 28.5 Å². The van der Waals surface area contributed by atoms with Gasteiger partial charge in [-0.25, -0.2) is 0 Å². The van der Waals surface area contributed by atoms with Crippen LogP contribution in [0.15, 0.2) is 47.4 Å². The van der Waals surface area contributed by atoms with E-state index in [0.29, 0.717) is 18.0 Å². The summed E-state index contributed by atoms with van der Waals surface area (Å²) in [5, 5.41) is 0. The molecule has 31 heavy (non-hydrogen) atoms. The number of carbonyl (C=O) groups is 1. The molecule has 2 aromatic rings. The van der Waals surface area contributed by atoms with Crippen LogP contribution in [-0.4, -0.2) is 39.5 Å². The first-order chi connectivity index (χ1) is 14.9. The van der Waals surface area contributed by atoms with E-state index in [0.717, 1.165) is 37.7 Å². The molecule has 0 atom stereocenters. The number of carbonyl (C=O) groups excluding carboxylic acids is 1. The zero-order valence-corrected chi connectivity index (χ0v) is 18.6. The summed E-state index contributed by atoms with van der Waals surface area (Å²) in [6.45, 7) is 0.433. The molecule has 0 bridgehead atoms. The van der Waals surface area contributed by atoms with Gasteiger partial charge in [-0.2, -0.15) is 8.42 Å². The number of hydrogen-bond donors (Lipinski definition) is 0. The van der Waals surface area contributed by atoms with Crippen LogP contribution in [0.2, 0.25) is 0 Å². The van der Waals surface area contributed by atoms with E-state index in [1.807, 2.05) is 11.0 Å². The van der Waals surface area contributed by atoms with Gasteiger partial charge in [-0.05, 0) is 67.6 Å². The molecule has 0 aliphatic heterocycles. The molecule has 0 heterocycles. The Kier molecular flexibility index (Phi) is 6.09. The van der Waals surface area contributed by atoms with Crippen molar-refractivity contribution in [2.45, 2.75) is 49.6 Å². The zero-order chi connectivity index (χ0) is 22.0. The third-order valence-electron chi connectivity index (χ3n) is 5.85. The smallest absolute Gasteiger partial charge is 0.339 e. The van der Waals surface area contributed by atoms with E-state index in [4.69, 9.17) is 13.7 Å². The molecular weight excluding hydrogens is 418 g/mol. The molecule has 0 saturated heterocycles. The number of methoxy groups -OCH3 is 2. The van der Waals surface area contributed by atoms with Gasteiger partial charge in [0, 0.05) is 18.5 Å². The maximum absolute atomic E-state index is 12.8. The minimum absolute atomic E-state index is 0.0144. The van der Waals surface area contributed by atoms with Gasteiger partial charge in [0.15, 0.2) is 11.5 Å². The Morgan fingerprint density at radius 1 is 0.968 bits per heavy atom. The molecule has 0 unspecified atom stereocenters. The van der Waals surface area contributed by atoms with Gasteiger partial charge in [-0.3, -0.25) is 4.79 Å². The first kappa shape index (κ1) is 21.5. The summed E-state index contributed by atoms with van der Waals surface area (Å²) >= 11 is 0. The Hall–Kier alpha value is -2.74. The highest BCUT2D eigenvalue weighted by atomic mass is 32.2. The summed E-state index contributed by atoms with van der Waals surface area (Å²) in [6.07, 6.45) is 5.06. The van der Waals surface area contributed by atoms with E-state index in [2.05, 4.69) is 0 Å². The Morgan fingerprint density at radius 2 is 1.68 bits per heavy atom. The molecule has 8 heteroatoms. The van der Waals surface area contributed by atoms with Gasteiger partial charge in [0.25, 0.3) is 0 Å². The monoisotopic (exact) mass is 445 g/mol. The van der Waals surface area contributed by atoms with Crippen molar-refractivity contribution in [2.75, 3.05) is 14.2 Å². The first-order valence-electron chi connectivity index (χ1n) is 10.5. The second-order valence-electron chi connectivity index (χ2n) is 8.02. The average Bonchev–Trinajstić information content (AvgIpc) is 3.56. The molecule has 2 aliphatic carbocycles. The van der Waals surface area contributed by atoms with Gasteiger partial charge in [0.1, 0.15) is 10.6 Å². The SMILES string of the molecule is COc1ccc(S(=O)(=O)Oc2cc(CN(C(=O)C3CCC3)C3CC3)ccc2OC)cc1. The lowest BCUT2D eigenvalue weighted by molar-refractivity contribution is -0.139. The van der Waals surface area contributed by atoms with Gasteiger partial charge in [-0.15, -0.1) is 0 Å². The van der Waals surface area contributed by atoms with Crippen LogP contribution < -0.4 is 13.7 Å². The Morgan fingerprint density at radius 3 is 2.23 bits per heavy atom. The van der Waals surface area contributed by atoms with Crippen LogP contribution in [0, 0.1) is 5.92 Å². The van der Waals surface area contributed by atoms with Crippen molar-refractivity contribution in [3.05, 3.63) is 48.0 Å². The molecule has 0 N–H and O–H groups in total. The molecular formula is C23H27NO6S. The molecule has 0 spiro atoms. The lowest BCUT2D eigenvalue weighted by atomic mass is 9.84. The van der Waals surface area contributed by atoms with Crippen LogP contribution in [0.4, 0.5) is 0 Å². The summed E-state index contributed by atoms with van der Waals surface area (Å²) in [5.41, 5.74) is 0.806. The number of ether oxygens (including phenoxy) is 2. The van der Waals surface area contributed by atoms with Gasteiger partial charge in [0.2, 0.25) is 5.91 Å². The van der Waals surface area contributed by atoms with E-state index < -0.39 is 10.1 Å². The normalized spacial score (nSPS) is 16.3. The van der Waals surface area contributed by atoms with Gasteiger partial charge in [-0.1, -0.05) is 12.5 Å². The fourth-order valence-corrected chi connectivity index (χ4v) is 4.59. The van der Waals surface area contributed by atoms with Crippen molar-refractivity contribution < 1.29 is 26.9 Å². The molecule has 2 fully saturated rings. The third kappa shape index (κ3) is 4.79. The van der Waals surface area contributed by atoms with Crippen molar-refractivity contribution in [3.8, 4) is 17.2 Å². The van der Waals surface area contributed by atoms with Crippen LogP contribution in [0.5, 0.6) is 17.2 Å². The van der Waals surface area contributed by atoms with Crippen molar-refractivity contribution in [3.63, 3.8) is 0 Å². The van der Waals surface area contributed by atoms with Crippen molar-refractivity contribution in [2.24, 2.45) is 5.92 Å². The van der Waals surface area contributed by atoms with Crippen molar-refractivity contribution in [1.82, 2.24) is 4.90 Å². The highest BCUT2D eigenvalue weighted by molar-refractivity contribution is 7.87. The van der Waals surface area contributed by atoms with Crippen LogP contribution in [-0.2, 0) is 21.5 Å². The molecule has 4 rings (SSSR count). The molecule has 2 aliphatic rings. The van der Waals surface area contributed by atoms with E-state index in [1.165, 1.54) is 26.4 Å². The quantitative estimate of drug-likeness (QED) is 0.547. The summed E-state index contributed by atoms with van der Waals surface area (Å²) in [6, 6.07) is 11.4. The van der Waals surface area contributed by atoms with E-state index in [9.17, 15) is 13.2 Å². The van der Waals surface area contributed by atoms with Crippen LogP contribution in [0.1, 0.15) is 37.7 Å². The zero-order valence-electron chi connectivity index (χ0n) is 17.7. The van der Waals surface area contributed by atoms with Crippen molar-refractivity contribution >= 4 is 16.0 Å². The molecule has 2 saturated carbocycles. The average molecular weight is 446 g/mol. The van der Waals surface area contributed by atoms with Gasteiger partial charge >= 0.3 is 10.1 Å². The fraction of sp³-hybridized carbons (Fsp3) is 0.435. The number of nitrogens with zero attached hydrogens (tertiary/aromatic N) is 1. The first-order valence-corrected chi connectivity index (χ1v) is 11.9. The summed E-state index contributed by atoms with van der Waals surface area (Å²) in [7, 11) is -1.09. The third-order valence-corrected chi connectivity index (χ3v) is 7.10. The maximum Gasteiger partial charge on any atom is 0.339 e. The standard InChI is InChI=1S/C23H27NO6S/c1-28-19-9-11-20(12-10-19)31(26,27)30-22-14-16(6-13-21(22)29-2)15-24(18-7-8-18)23(25)17-4-3-5-17/h6,9-14,17-18H,3-5,7-8,15H2,1-2H3. The molecule has 7 nitrogen and oxygen atoms in total. The maximum atomic E-state index is 12.8. The predicted octanol–water partition coefficient (Wildman–Crippen LogP) is 3.76. The van der Waals surface area contributed by atoms with Crippen molar-refractivity contribution in [1.29, 1.82) is 0 Å². The molecule has 1 amide bonds. The fourth-order valence-electron chi connectivity index (χ4n) is 3.65. The minimum Gasteiger partial charge on any atom is -0.497 e. The number of amides is 1. The Bertz CT molecular complexity index is 1040. The molecule has 0 aromatic heterocycles. The van der Waals surface area contributed by atoms with E-state index >= 15 is 0 Å². The lowest BCUT2D eigenvalue weighted by Gasteiger charge is -2.32. The summed E-state index contributed by atoms with van der Waals surface area (Å²) in [4.78, 5) is 14.8. The number of hydrogen-bond acceptors (Lipinski definition) is 6. The number of rotatable bonds is 9. The van der Waals surface area contributed by atoms with Crippen LogP contribution in [0.3, 0.4) is 0 Å². The van der Waals surface area contributed by atoms with Gasteiger partial charge in [0.05, 0.1) is 14.2 Å². The van der Waals surface area contributed by atoms with E-state index in [1.54, 1.807) is 24.3 Å². The summed E-state index contributed by atoms with van der Waals surface area (Å²) < 4.78 is 41.4. The Balaban J connectivity index is 1.56. The minimum atomic E-state index is -4.06. The largest absolute Gasteiger partial charge is 0.497 e. The van der Waals surface area contributed by atoms with Crippen LogP contribution in [0.25, 0.3) is 0 Å². The number of benzene rings is 2. The second-order valence-corrected chi connectivity index (χ2v) is 9.57. The predicted molar refractivity (Wildman–Crippen MR) is 115 cm³/mol. The second kappa shape index (κ2) is 8.78. The molecule has 2 aromatic carbocycles. The highest BCUT2D eigenvalue weighted by Gasteiger charge is 2.37. The lowest BCUT2D eigenvalue weighted by Crippen LogP contribution is -2.39. The highest BCUT2D eigenvalue weighted by Crippen LogP contribution is 2.36.